The Balaban J connectivity index is 2.21. The molecular formula is C13H12ClN3O. The summed E-state index contributed by atoms with van der Waals surface area (Å²) in [6.07, 6.45) is 1.44. The fourth-order valence-electron chi connectivity index (χ4n) is 1.46. The largest absolute Gasteiger partial charge is 0.397 e. The predicted octanol–water partition coefficient (Wildman–Crippen LogP) is 2.88. The van der Waals surface area contributed by atoms with Crippen LogP contribution in [0.3, 0.4) is 0 Å². The molecule has 0 fully saturated rings. The van der Waals surface area contributed by atoms with Gasteiger partial charge in [0, 0.05) is 0 Å². The molecule has 0 unspecified atom stereocenters. The summed E-state index contributed by atoms with van der Waals surface area (Å²) in [4.78, 5) is 15.9. The summed E-state index contributed by atoms with van der Waals surface area (Å²) in [6, 6.07) is 8.61. The van der Waals surface area contributed by atoms with Crippen molar-refractivity contribution in [2.75, 3.05) is 11.1 Å². The topological polar surface area (TPSA) is 68.0 Å². The molecule has 0 atom stereocenters. The van der Waals surface area contributed by atoms with Crippen LogP contribution in [0.1, 0.15) is 16.1 Å². The van der Waals surface area contributed by atoms with Gasteiger partial charge in [-0.3, -0.25) is 4.79 Å². The van der Waals surface area contributed by atoms with E-state index >= 15 is 0 Å². The fraction of sp³-hybridized carbons (Fsp3) is 0.0769. The fourth-order valence-corrected chi connectivity index (χ4v) is 1.63. The Labute approximate surface area is 110 Å². The maximum Gasteiger partial charge on any atom is 0.274 e. The maximum atomic E-state index is 11.9. The molecule has 0 spiro atoms. The zero-order valence-electron chi connectivity index (χ0n) is 9.77. The van der Waals surface area contributed by atoms with Crippen molar-refractivity contribution in [2.45, 2.75) is 6.92 Å². The Morgan fingerprint density at radius 1 is 1.33 bits per heavy atom. The molecule has 2 aromatic rings. The van der Waals surface area contributed by atoms with E-state index in [0.717, 1.165) is 5.56 Å². The van der Waals surface area contributed by atoms with Crippen molar-refractivity contribution < 1.29 is 4.79 Å². The van der Waals surface area contributed by atoms with Gasteiger partial charge in [0.25, 0.3) is 5.91 Å². The molecule has 0 saturated heterocycles. The number of nitrogens with zero attached hydrogens (tertiary/aromatic N) is 1. The minimum atomic E-state index is -0.317. The van der Waals surface area contributed by atoms with Crippen LogP contribution in [0.15, 0.2) is 36.5 Å². The number of carbonyl (C=O) groups excluding carboxylic acids is 1. The van der Waals surface area contributed by atoms with Crippen molar-refractivity contribution >= 4 is 28.9 Å². The molecule has 4 nitrogen and oxygen atoms in total. The first-order valence-electron chi connectivity index (χ1n) is 5.35. The number of nitrogens with one attached hydrogen (secondary N) is 1. The second-order valence-electron chi connectivity index (χ2n) is 3.91. The zero-order chi connectivity index (χ0) is 13.1. The van der Waals surface area contributed by atoms with Crippen LogP contribution in [0.4, 0.5) is 11.4 Å². The number of nitrogen functional groups attached to an aromatic ring is 1. The number of hydrogen-bond donors (Lipinski definition) is 2. The molecule has 0 bridgehead atoms. The summed E-state index contributed by atoms with van der Waals surface area (Å²) in [5, 5.41) is 3.20. The number of halogens is 1. The van der Waals surface area contributed by atoms with Crippen LogP contribution < -0.4 is 11.1 Å². The minimum absolute atomic E-state index is 0.293. The Morgan fingerprint density at radius 2 is 2.11 bits per heavy atom. The molecule has 1 aromatic heterocycles. The van der Waals surface area contributed by atoms with Crippen molar-refractivity contribution in [3.05, 3.63) is 52.8 Å². The third-order valence-electron chi connectivity index (χ3n) is 2.39. The summed E-state index contributed by atoms with van der Waals surface area (Å²) >= 11 is 6.00. The Kier molecular flexibility index (Phi) is 3.48. The normalized spacial score (nSPS) is 10.1. The number of rotatable bonds is 2. The van der Waals surface area contributed by atoms with Gasteiger partial charge >= 0.3 is 0 Å². The van der Waals surface area contributed by atoms with Gasteiger partial charge in [-0.05, 0) is 36.8 Å². The molecule has 92 valence electrons. The van der Waals surface area contributed by atoms with E-state index in [-0.39, 0.29) is 5.91 Å². The van der Waals surface area contributed by atoms with Gasteiger partial charge in [0.2, 0.25) is 0 Å². The smallest absolute Gasteiger partial charge is 0.274 e. The van der Waals surface area contributed by atoms with E-state index in [1.165, 1.54) is 6.20 Å². The lowest BCUT2D eigenvalue weighted by atomic mass is 10.2. The van der Waals surface area contributed by atoms with Gasteiger partial charge in [-0.1, -0.05) is 17.7 Å². The van der Waals surface area contributed by atoms with Crippen LogP contribution in [0, 0.1) is 6.92 Å². The zero-order valence-corrected chi connectivity index (χ0v) is 10.5. The van der Waals surface area contributed by atoms with E-state index < -0.39 is 0 Å². The molecule has 18 heavy (non-hydrogen) atoms. The standard InChI is InChI=1S/C13H12ClN3O/c1-8-2-4-10(14)12(6-8)17-13(18)11-5-3-9(15)7-16-11/h2-7H,15H2,1H3,(H,17,18). The molecule has 1 amide bonds. The molecule has 2 rings (SSSR count). The van der Waals surface area contributed by atoms with Gasteiger partial charge in [0.1, 0.15) is 5.69 Å². The minimum Gasteiger partial charge on any atom is -0.397 e. The molecule has 0 aliphatic carbocycles. The van der Waals surface area contributed by atoms with Crippen LogP contribution >= 0.6 is 11.6 Å². The van der Waals surface area contributed by atoms with Crippen LogP contribution in [0.5, 0.6) is 0 Å². The van der Waals surface area contributed by atoms with E-state index in [1.54, 1.807) is 24.3 Å². The lowest BCUT2D eigenvalue weighted by Crippen LogP contribution is -2.14. The van der Waals surface area contributed by atoms with Gasteiger partial charge < -0.3 is 11.1 Å². The molecule has 0 aliphatic heterocycles. The highest BCUT2D eigenvalue weighted by atomic mass is 35.5. The Morgan fingerprint density at radius 3 is 2.78 bits per heavy atom. The van der Waals surface area contributed by atoms with Crippen molar-refractivity contribution in [3.63, 3.8) is 0 Å². The van der Waals surface area contributed by atoms with Crippen molar-refractivity contribution in [2.24, 2.45) is 0 Å². The summed E-state index contributed by atoms with van der Waals surface area (Å²) in [7, 11) is 0. The second-order valence-corrected chi connectivity index (χ2v) is 4.32. The van der Waals surface area contributed by atoms with E-state index in [1.807, 2.05) is 13.0 Å². The molecule has 1 heterocycles. The van der Waals surface area contributed by atoms with Crippen molar-refractivity contribution in [1.29, 1.82) is 0 Å². The van der Waals surface area contributed by atoms with E-state index in [0.29, 0.717) is 22.1 Å². The first kappa shape index (κ1) is 12.4. The summed E-state index contributed by atoms with van der Waals surface area (Å²) in [6.45, 7) is 1.92. The monoisotopic (exact) mass is 261 g/mol. The number of aryl methyl sites for hydroxylation is 1. The van der Waals surface area contributed by atoms with Crippen LogP contribution in [0.2, 0.25) is 5.02 Å². The van der Waals surface area contributed by atoms with Gasteiger partial charge in [-0.2, -0.15) is 0 Å². The lowest BCUT2D eigenvalue weighted by Gasteiger charge is -2.07. The average molecular weight is 262 g/mol. The molecule has 1 aromatic carbocycles. The molecular weight excluding hydrogens is 250 g/mol. The van der Waals surface area contributed by atoms with Gasteiger partial charge in [-0.15, -0.1) is 0 Å². The number of carbonyl (C=O) groups is 1. The highest BCUT2D eigenvalue weighted by molar-refractivity contribution is 6.33. The Hall–Kier alpha value is -2.07. The van der Waals surface area contributed by atoms with Gasteiger partial charge in [0.05, 0.1) is 22.6 Å². The van der Waals surface area contributed by atoms with Gasteiger partial charge in [0.15, 0.2) is 0 Å². The SMILES string of the molecule is Cc1ccc(Cl)c(NC(=O)c2ccc(N)cn2)c1. The first-order valence-corrected chi connectivity index (χ1v) is 5.73. The third kappa shape index (κ3) is 2.78. The second kappa shape index (κ2) is 5.06. The summed E-state index contributed by atoms with van der Waals surface area (Å²) in [5.74, 6) is -0.317. The Bertz CT molecular complexity index is 581. The highest BCUT2D eigenvalue weighted by Gasteiger charge is 2.09. The number of hydrogen-bond acceptors (Lipinski definition) is 3. The maximum absolute atomic E-state index is 11.9. The molecule has 0 saturated carbocycles. The first-order chi connectivity index (χ1) is 8.56. The summed E-state index contributed by atoms with van der Waals surface area (Å²) in [5.41, 5.74) is 7.90. The highest BCUT2D eigenvalue weighted by Crippen LogP contribution is 2.23. The van der Waals surface area contributed by atoms with E-state index in [4.69, 9.17) is 17.3 Å². The van der Waals surface area contributed by atoms with Crippen LogP contribution in [-0.4, -0.2) is 10.9 Å². The molecule has 3 N–H and O–H groups in total. The average Bonchev–Trinajstić information content (AvgIpc) is 2.34. The molecule has 0 radical (unpaired) electrons. The molecule has 0 aliphatic rings. The van der Waals surface area contributed by atoms with Crippen LogP contribution in [-0.2, 0) is 0 Å². The van der Waals surface area contributed by atoms with Gasteiger partial charge in [-0.25, -0.2) is 4.98 Å². The number of anilines is 2. The van der Waals surface area contributed by atoms with Crippen molar-refractivity contribution in [1.82, 2.24) is 4.98 Å². The van der Waals surface area contributed by atoms with Crippen molar-refractivity contribution in [3.8, 4) is 0 Å². The number of pyridine rings is 1. The predicted molar refractivity (Wildman–Crippen MR) is 72.8 cm³/mol. The molecule has 5 heteroatoms. The quantitative estimate of drug-likeness (QED) is 0.873. The third-order valence-corrected chi connectivity index (χ3v) is 2.72. The van der Waals surface area contributed by atoms with Crippen LogP contribution in [0.25, 0.3) is 0 Å². The summed E-state index contributed by atoms with van der Waals surface area (Å²) < 4.78 is 0. The number of amides is 1. The number of aromatic nitrogens is 1. The number of benzene rings is 1. The number of nitrogens with two attached hydrogens (primary N) is 1. The lowest BCUT2D eigenvalue weighted by molar-refractivity contribution is 0.102. The van der Waals surface area contributed by atoms with E-state index in [9.17, 15) is 4.79 Å². The van der Waals surface area contributed by atoms with E-state index in [2.05, 4.69) is 10.3 Å².